The van der Waals surface area contributed by atoms with Crippen molar-refractivity contribution in [2.24, 2.45) is 23.6 Å². The van der Waals surface area contributed by atoms with Crippen molar-refractivity contribution in [2.75, 3.05) is 18.9 Å². The molecule has 0 aromatic heterocycles. The highest BCUT2D eigenvalue weighted by Gasteiger charge is 2.45. The first kappa shape index (κ1) is 93.6. The molecular formula is C82H70N10O32S8. The number of amides is 4. The molecule has 0 saturated carbocycles. The van der Waals surface area contributed by atoms with Crippen LogP contribution < -0.4 is 61.4 Å². The Morgan fingerprint density at radius 2 is 0.470 bits per heavy atom. The Kier molecular flexibility index (Phi) is 24.8. The van der Waals surface area contributed by atoms with Crippen LogP contribution in [0.1, 0.15) is 94.8 Å². The van der Waals surface area contributed by atoms with Gasteiger partial charge in [0.1, 0.15) is 46.0 Å². The fraction of sp³-hybridized carbons (Fsp3) is 0.122. The predicted octanol–water partition coefficient (Wildman–Crippen LogP) is 12.3. The van der Waals surface area contributed by atoms with Crippen LogP contribution in [-0.2, 0) is 98.8 Å². The van der Waals surface area contributed by atoms with Gasteiger partial charge in [-0.25, -0.2) is 0 Å². The van der Waals surface area contributed by atoms with Gasteiger partial charge in [-0.1, -0.05) is 76.2 Å². The maximum atomic E-state index is 16.5. The van der Waals surface area contributed by atoms with E-state index < -0.39 is 194 Å². The van der Waals surface area contributed by atoms with E-state index in [2.05, 4.69) is 17.1 Å². The second kappa shape index (κ2) is 34.9. The summed E-state index contributed by atoms with van der Waals surface area (Å²) >= 11 is 0. The summed E-state index contributed by atoms with van der Waals surface area (Å²) in [6, 6.07) is 34.0. The van der Waals surface area contributed by atoms with Crippen LogP contribution in [-0.4, -0.2) is 131 Å². The molecule has 0 spiro atoms. The highest BCUT2D eigenvalue weighted by molar-refractivity contribution is 7.88. The van der Waals surface area contributed by atoms with Gasteiger partial charge in [0.05, 0.1) is 64.6 Å². The van der Waals surface area contributed by atoms with Crippen LogP contribution in [0.5, 0.6) is 46.0 Å². The molecule has 4 amide bonds. The van der Waals surface area contributed by atoms with Crippen molar-refractivity contribution in [2.45, 2.75) is 85.0 Å². The van der Waals surface area contributed by atoms with Gasteiger partial charge in [0.25, 0.3) is 23.6 Å². The molecule has 13 aromatic carbocycles. The molecule has 0 radical (unpaired) electrons. The van der Waals surface area contributed by atoms with E-state index >= 15 is 19.2 Å². The lowest BCUT2D eigenvalue weighted by Crippen LogP contribution is -2.46. The zero-order valence-corrected chi connectivity index (χ0v) is 74.7. The van der Waals surface area contributed by atoms with Crippen molar-refractivity contribution >= 4 is 171 Å². The predicted molar refractivity (Wildman–Crippen MR) is 476 cm³/mol. The number of hydrogen-bond acceptors (Lipinski definition) is 32. The summed E-state index contributed by atoms with van der Waals surface area (Å²) in [6.45, 7) is 6.69. The molecule has 0 aliphatic carbocycles. The van der Waals surface area contributed by atoms with Crippen molar-refractivity contribution < 1.29 is 141 Å². The summed E-state index contributed by atoms with van der Waals surface area (Å²) in [6.07, 6.45) is 0.323. The molecule has 2 heterocycles. The number of carbonyl (C=O) groups is 4. The van der Waals surface area contributed by atoms with E-state index in [1.807, 2.05) is 18.9 Å². The van der Waals surface area contributed by atoms with Gasteiger partial charge < -0.3 is 18.9 Å². The average molecular weight is 1960 g/mol. The molecule has 0 fully saturated rings. The van der Waals surface area contributed by atoms with Crippen molar-refractivity contribution in [3.63, 3.8) is 0 Å². The zero-order chi connectivity index (χ0) is 95.3. The van der Waals surface area contributed by atoms with Gasteiger partial charge in [-0.3, -0.25) is 66.1 Å². The van der Waals surface area contributed by atoms with Gasteiger partial charge in [-0.15, -0.1) is 0 Å². The fourth-order valence-electron chi connectivity index (χ4n) is 15.9. The molecule has 2 aliphatic rings. The van der Waals surface area contributed by atoms with Gasteiger partial charge >= 0.3 is 81.7 Å². The Labute approximate surface area is 751 Å². The van der Waals surface area contributed by atoms with Crippen molar-refractivity contribution in [1.29, 1.82) is 0 Å². The fourth-order valence-corrected chi connectivity index (χ4v) is 20.0. The third kappa shape index (κ3) is 18.1. The molecule has 688 valence electrons. The number of nitrogens with two attached hydrogens (primary N) is 4. The molecule has 0 atom stereocenters. The van der Waals surface area contributed by atoms with Gasteiger partial charge in [0.15, 0.2) is 0 Å². The second-order valence-corrected chi connectivity index (χ2v) is 40.4. The lowest BCUT2D eigenvalue weighted by Gasteiger charge is -2.36. The minimum atomic E-state index is -5.16. The Bertz CT molecular complexity index is 7570. The van der Waals surface area contributed by atoms with Crippen LogP contribution in [0.4, 0.5) is 22.7 Å². The Balaban J connectivity index is 1.20. The minimum absolute atomic E-state index is 0.0126. The van der Waals surface area contributed by atoms with E-state index in [9.17, 15) is 85.6 Å². The number of carbonyl (C=O) groups excluding carboxylic acids is 4. The maximum Gasteiger partial charge on any atom is 0.357 e. The van der Waals surface area contributed by atoms with Crippen LogP contribution in [0.25, 0.3) is 87.6 Å². The highest BCUT2D eigenvalue weighted by atomic mass is 32.3. The van der Waals surface area contributed by atoms with E-state index in [0.717, 1.165) is 131 Å². The van der Waals surface area contributed by atoms with Crippen LogP contribution >= 0.6 is 0 Å². The number of nitrogens with zero attached hydrogens (tertiary/aromatic N) is 2. The monoisotopic (exact) mass is 1960 g/mol. The quantitative estimate of drug-likeness (QED) is 0.00586. The summed E-state index contributed by atoms with van der Waals surface area (Å²) in [5.41, 5.74) is -3.87. The largest absolute Gasteiger partial charge is 0.456 e. The van der Waals surface area contributed by atoms with Crippen molar-refractivity contribution in [1.82, 2.24) is 9.80 Å². The van der Waals surface area contributed by atoms with Crippen molar-refractivity contribution in [3.8, 4) is 90.5 Å². The normalized spacial score (nSPS) is 13.6. The summed E-state index contributed by atoms with van der Waals surface area (Å²) < 4.78 is 303. The first-order valence-electron chi connectivity index (χ1n) is 38.5. The lowest BCUT2D eigenvalue weighted by atomic mass is 9.80. The molecule has 0 bridgehead atoms. The standard InChI is InChI=1S/C82H70N10O32S8/c1-5-49(6-2)91-79(93)59-37-67(117-63-29-21-47(89-131(111,112)113)33-55(63)41-9-17-45(18-10-41)87-129(105,106)107)73-74-68(118-64-30-22-48(90-132(114,115)116)34-56(64)42-11-19-46(20-12-42)88-130(108,109)110)38-60-72-62(82(96)92(80(60)94)50(7-3)8-4)40-70(120-66-32-28-54(128(103,104)124-86)36-58(66)44-15-25-52(26-16-44)126(99,100)122-84)76(78(72)74)75-69(39-61(81(91)95)71(59)77(73)75)119-65-31-27-53(127(101,102)123-85)35-57(65)43-13-23-51(24-14-43)125(97,98)121-83/h9-40,49-50,87-90H,5-8,83-86H2,1-4H3,(H,105,106,107)(H,108,109,110)(H,111,112,113)(H,114,115,116). The third-order valence-corrected chi connectivity index (χ3v) is 28.0. The van der Waals surface area contributed by atoms with Crippen LogP contribution in [0.3, 0.4) is 0 Å². The molecule has 16 N–H and O–H groups in total. The van der Waals surface area contributed by atoms with E-state index in [1.54, 1.807) is 27.7 Å². The number of hydrogen-bond donors (Lipinski definition) is 12. The molecule has 13 aromatic rings. The van der Waals surface area contributed by atoms with E-state index in [4.69, 9.17) is 42.5 Å². The summed E-state index contributed by atoms with van der Waals surface area (Å²) in [7, 11) is -39.5. The first-order chi connectivity index (χ1) is 62.1. The Morgan fingerprint density at radius 3 is 0.712 bits per heavy atom. The molecule has 15 rings (SSSR count). The number of imide groups is 2. The number of ether oxygens (including phenoxy) is 4. The SMILES string of the molecule is CCC(CC)N1C(=O)c2cc(Oc3ccc(NS(=O)(=O)O)cc3-c3ccc(NS(=O)(=O)O)cc3)c3c4c(Oc5ccc(NS(=O)(=O)O)cc5-c5ccc(NS(=O)(=O)O)cc5)cc5c6c(cc(Oc7ccc(S(=O)(=O)ON)cc7-c7ccc(S(=O)(=O)ON)cc7)c(c7c(Oc8ccc(S(=O)(=O)ON)cc8-c8ccc(S(=O)(=O)ON)cc8)cc(c2c37)C1=O)c64)C(=O)N(C(CC)CC)C5=O. The van der Waals surface area contributed by atoms with Gasteiger partial charge in [-0.2, -0.15) is 108 Å². The molecule has 42 nitrogen and oxygen atoms in total. The average Bonchev–Trinajstić information content (AvgIpc) is 0.668. The van der Waals surface area contributed by atoms with Crippen molar-refractivity contribution in [3.05, 3.63) is 216 Å². The third-order valence-electron chi connectivity index (χ3n) is 21.7. The summed E-state index contributed by atoms with van der Waals surface area (Å²) in [5, 5.41) is -2.82. The molecule has 2 aliphatic heterocycles. The van der Waals surface area contributed by atoms with Crippen LogP contribution in [0, 0.1) is 0 Å². The topological polar surface area (TPSA) is 655 Å². The van der Waals surface area contributed by atoms with E-state index in [-0.39, 0.29) is 148 Å². The molecular weight excluding hydrogens is 1890 g/mol. The van der Waals surface area contributed by atoms with Crippen LogP contribution in [0.15, 0.2) is 214 Å². The number of benzene rings is 13. The minimum Gasteiger partial charge on any atom is -0.456 e. The van der Waals surface area contributed by atoms with Gasteiger partial charge in [0, 0.05) is 77.4 Å². The highest BCUT2D eigenvalue weighted by Crippen LogP contribution is 2.60. The zero-order valence-electron chi connectivity index (χ0n) is 68.1. The van der Waals surface area contributed by atoms with E-state index in [0.29, 0.717) is 0 Å². The molecule has 132 heavy (non-hydrogen) atoms. The number of fused-ring (bicyclic) bond motifs is 2. The Hall–Kier alpha value is -13.0. The summed E-state index contributed by atoms with van der Waals surface area (Å²) in [5.74, 6) is 13.3. The first-order valence-corrected chi connectivity index (χ1v) is 49.9. The second-order valence-electron chi connectivity index (χ2n) is 29.4. The Morgan fingerprint density at radius 1 is 0.258 bits per heavy atom. The number of anilines is 4. The van der Waals surface area contributed by atoms with Gasteiger partial charge in [0.2, 0.25) is 0 Å². The molecule has 0 saturated heterocycles. The molecule has 0 unspecified atom stereocenters. The number of rotatable bonds is 34. The van der Waals surface area contributed by atoms with Gasteiger partial charge in [-0.05, 0) is 194 Å². The molecule has 50 heteroatoms. The smallest absolute Gasteiger partial charge is 0.357 e. The van der Waals surface area contributed by atoms with E-state index in [1.165, 1.54) is 72.8 Å². The summed E-state index contributed by atoms with van der Waals surface area (Å²) in [4.78, 5) is 65.4. The maximum absolute atomic E-state index is 16.5. The number of nitrogens with one attached hydrogen (secondary N) is 4. The lowest BCUT2D eigenvalue weighted by molar-refractivity contribution is 0.0514. The van der Waals surface area contributed by atoms with Crippen LogP contribution in [0.2, 0.25) is 0 Å².